The Balaban J connectivity index is 1.75. The highest BCUT2D eigenvalue weighted by molar-refractivity contribution is 5.94. The van der Waals surface area contributed by atoms with Gasteiger partial charge in [-0.1, -0.05) is 24.3 Å². The zero-order valence-electron chi connectivity index (χ0n) is 12.6. The lowest BCUT2D eigenvalue weighted by molar-refractivity contribution is -0.384. The molecule has 0 aromatic heterocycles. The maximum absolute atomic E-state index is 11.7. The first-order chi connectivity index (χ1) is 11.5. The van der Waals surface area contributed by atoms with Crippen molar-refractivity contribution in [3.05, 3.63) is 64.7 Å². The number of hydrogen-bond acceptors (Lipinski definition) is 5. The van der Waals surface area contributed by atoms with Crippen LogP contribution in [0, 0.1) is 10.1 Å². The van der Waals surface area contributed by atoms with Gasteiger partial charge in [-0.2, -0.15) is 0 Å². The lowest BCUT2D eigenvalue weighted by Crippen LogP contribution is -2.35. The number of nitro benzene ring substituents is 1. The molecule has 0 radical (unpaired) electrons. The van der Waals surface area contributed by atoms with Crippen molar-refractivity contribution in [3.8, 4) is 5.75 Å². The van der Waals surface area contributed by atoms with Crippen molar-refractivity contribution in [3.63, 3.8) is 0 Å². The number of nitrogens with one attached hydrogen (secondary N) is 2. The van der Waals surface area contributed by atoms with Crippen molar-refractivity contribution in [1.29, 1.82) is 0 Å². The standard InChI is InChI=1S/C16H15N3O5/c20-15(18-12-5-4-6-13(9-12)19(22)23)10-17-16(21)11-24-14-7-2-1-3-8-14/h1-9H,10-11H2,(H,17,21)(H,18,20). The van der Waals surface area contributed by atoms with Crippen LogP contribution >= 0.6 is 0 Å². The minimum absolute atomic E-state index is 0.131. The molecule has 0 bridgehead atoms. The molecule has 0 aliphatic carbocycles. The summed E-state index contributed by atoms with van der Waals surface area (Å²) in [7, 11) is 0. The topological polar surface area (TPSA) is 111 Å². The van der Waals surface area contributed by atoms with Crippen LogP contribution in [-0.4, -0.2) is 29.9 Å². The molecule has 8 nitrogen and oxygen atoms in total. The zero-order chi connectivity index (χ0) is 17.4. The zero-order valence-corrected chi connectivity index (χ0v) is 12.6. The largest absolute Gasteiger partial charge is 0.484 e. The molecule has 24 heavy (non-hydrogen) atoms. The third-order valence-electron chi connectivity index (χ3n) is 2.90. The summed E-state index contributed by atoms with van der Waals surface area (Å²) in [5, 5.41) is 15.5. The summed E-state index contributed by atoms with van der Waals surface area (Å²) in [6.45, 7) is -0.478. The molecule has 2 aromatic carbocycles. The van der Waals surface area contributed by atoms with Gasteiger partial charge < -0.3 is 15.4 Å². The van der Waals surface area contributed by atoms with E-state index in [-0.39, 0.29) is 24.5 Å². The monoisotopic (exact) mass is 329 g/mol. The van der Waals surface area contributed by atoms with Crippen molar-refractivity contribution in [2.24, 2.45) is 0 Å². The number of non-ortho nitro benzene ring substituents is 1. The number of nitrogens with zero attached hydrogens (tertiary/aromatic N) is 1. The number of amides is 2. The van der Waals surface area contributed by atoms with Gasteiger partial charge in [-0.25, -0.2) is 0 Å². The van der Waals surface area contributed by atoms with Crippen LogP contribution in [0.3, 0.4) is 0 Å². The van der Waals surface area contributed by atoms with Crippen molar-refractivity contribution < 1.29 is 19.2 Å². The van der Waals surface area contributed by atoms with E-state index in [1.165, 1.54) is 24.3 Å². The Morgan fingerprint density at radius 1 is 1.04 bits per heavy atom. The number of nitro groups is 1. The lowest BCUT2D eigenvalue weighted by atomic mass is 10.3. The summed E-state index contributed by atoms with van der Waals surface area (Å²) in [6.07, 6.45) is 0. The van der Waals surface area contributed by atoms with E-state index in [0.717, 1.165) is 0 Å². The molecule has 2 rings (SSSR count). The van der Waals surface area contributed by atoms with Crippen LogP contribution < -0.4 is 15.4 Å². The second kappa shape index (κ2) is 8.28. The Morgan fingerprint density at radius 3 is 2.50 bits per heavy atom. The van der Waals surface area contributed by atoms with Gasteiger partial charge in [0.25, 0.3) is 11.6 Å². The number of ether oxygens (including phenoxy) is 1. The fraction of sp³-hybridized carbons (Fsp3) is 0.125. The van der Waals surface area contributed by atoms with E-state index < -0.39 is 16.7 Å². The van der Waals surface area contributed by atoms with Gasteiger partial charge in [-0.15, -0.1) is 0 Å². The normalized spacial score (nSPS) is 9.83. The molecular weight excluding hydrogens is 314 g/mol. The number of benzene rings is 2. The van der Waals surface area contributed by atoms with Crippen molar-refractivity contribution in [1.82, 2.24) is 5.32 Å². The van der Waals surface area contributed by atoms with E-state index >= 15 is 0 Å². The molecule has 0 unspecified atom stereocenters. The Morgan fingerprint density at radius 2 is 1.79 bits per heavy atom. The first-order valence-electron chi connectivity index (χ1n) is 7.03. The average molecular weight is 329 g/mol. The quantitative estimate of drug-likeness (QED) is 0.593. The van der Waals surface area contributed by atoms with E-state index in [1.807, 2.05) is 6.07 Å². The predicted molar refractivity (Wildman–Crippen MR) is 86.7 cm³/mol. The number of carbonyl (C=O) groups excluding carboxylic acids is 2. The van der Waals surface area contributed by atoms with Crippen LogP contribution in [-0.2, 0) is 9.59 Å². The summed E-state index contributed by atoms with van der Waals surface area (Å²) in [5.74, 6) is -0.398. The highest BCUT2D eigenvalue weighted by Crippen LogP contribution is 2.16. The van der Waals surface area contributed by atoms with Crippen molar-refractivity contribution in [2.75, 3.05) is 18.5 Å². The molecule has 2 N–H and O–H groups in total. The Kier molecular flexibility index (Phi) is 5.84. The van der Waals surface area contributed by atoms with Crippen LogP contribution in [0.5, 0.6) is 5.75 Å². The van der Waals surface area contributed by atoms with Gasteiger partial charge in [0.1, 0.15) is 5.75 Å². The molecule has 0 spiro atoms. The molecular formula is C16H15N3O5. The number of rotatable bonds is 7. The summed E-state index contributed by atoms with van der Waals surface area (Å²) < 4.78 is 5.24. The van der Waals surface area contributed by atoms with Crippen LogP contribution in [0.25, 0.3) is 0 Å². The summed E-state index contributed by atoms with van der Waals surface area (Å²) in [6, 6.07) is 14.3. The maximum Gasteiger partial charge on any atom is 0.271 e. The van der Waals surface area contributed by atoms with Gasteiger partial charge in [-0.05, 0) is 18.2 Å². The molecule has 124 valence electrons. The second-order valence-electron chi connectivity index (χ2n) is 4.73. The Hall–Kier alpha value is -3.42. The number of anilines is 1. The highest BCUT2D eigenvalue weighted by Gasteiger charge is 2.09. The molecule has 2 aromatic rings. The maximum atomic E-state index is 11.7. The first kappa shape index (κ1) is 16.9. The summed E-state index contributed by atoms with van der Waals surface area (Å²) in [5.41, 5.74) is 0.150. The second-order valence-corrected chi connectivity index (χ2v) is 4.73. The minimum atomic E-state index is -0.557. The van der Waals surface area contributed by atoms with Gasteiger partial charge in [0.15, 0.2) is 6.61 Å². The number of para-hydroxylation sites is 1. The van der Waals surface area contributed by atoms with E-state index in [1.54, 1.807) is 24.3 Å². The third kappa shape index (κ3) is 5.41. The van der Waals surface area contributed by atoms with Gasteiger partial charge in [0.2, 0.25) is 5.91 Å². The molecule has 0 saturated heterocycles. The number of hydrogen-bond donors (Lipinski definition) is 2. The van der Waals surface area contributed by atoms with E-state index in [4.69, 9.17) is 4.74 Å². The average Bonchev–Trinajstić information content (AvgIpc) is 2.59. The van der Waals surface area contributed by atoms with Crippen molar-refractivity contribution in [2.45, 2.75) is 0 Å². The molecule has 8 heteroatoms. The first-order valence-corrected chi connectivity index (χ1v) is 7.03. The highest BCUT2D eigenvalue weighted by atomic mass is 16.6. The fourth-order valence-corrected chi connectivity index (χ4v) is 1.80. The van der Waals surface area contributed by atoms with Gasteiger partial charge in [0, 0.05) is 17.8 Å². The van der Waals surface area contributed by atoms with Gasteiger partial charge in [0.05, 0.1) is 11.5 Å². The van der Waals surface area contributed by atoms with Gasteiger partial charge in [-0.3, -0.25) is 19.7 Å². The molecule has 0 saturated carbocycles. The SMILES string of the molecule is O=C(COc1ccccc1)NCC(=O)Nc1cccc([N+](=O)[O-])c1. The molecule has 0 aliphatic rings. The van der Waals surface area contributed by atoms with Crippen LogP contribution in [0.4, 0.5) is 11.4 Å². The summed E-state index contributed by atoms with van der Waals surface area (Å²) >= 11 is 0. The van der Waals surface area contributed by atoms with Crippen LogP contribution in [0.2, 0.25) is 0 Å². The third-order valence-corrected chi connectivity index (χ3v) is 2.90. The van der Waals surface area contributed by atoms with Gasteiger partial charge >= 0.3 is 0 Å². The summed E-state index contributed by atoms with van der Waals surface area (Å²) in [4.78, 5) is 33.5. The van der Waals surface area contributed by atoms with Crippen LogP contribution in [0.15, 0.2) is 54.6 Å². The van der Waals surface area contributed by atoms with E-state index in [9.17, 15) is 19.7 Å². The van der Waals surface area contributed by atoms with Crippen molar-refractivity contribution >= 4 is 23.2 Å². The lowest BCUT2D eigenvalue weighted by Gasteiger charge is -2.08. The molecule has 0 aliphatic heterocycles. The minimum Gasteiger partial charge on any atom is -0.484 e. The molecule has 0 fully saturated rings. The van der Waals surface area contributed by atoms with Crippen LogP contribution in [0.1, 0.15) is 0 Å². The van der Waals surface area contributed by atoms with E-state index in [0.29, 0.717) is 5.75 Å². The number of carbonyl (C=O) groups is 2. The molecule has 0 atom stereocenters. The van der Waals surface area contributed by atoms with E-state index in [2.05, 4.69) is 10.6 Å². The molecule has 2 amide bonds. The Bertz CT molecular complexity index is 734. The Labute approximate surface area is 137 Å². The smallest absolute Gasteiger partial charge is 0.271 e. The molecule has 0 heterocycles. The predicted octanol–water partition coefficient (Wildman–Crippen LogP) is 1.73. The fourth-order valence-electron chi connectivity index (χ4n) is 1.80.